The number of carbonyl (C=O) groups is 2. The van der Waals surface area contributed by atoms with Crippen molar-refractivity contribution < 1.29 is 9.59 Å². The molecule has 0 bridgehead atoms. The van der Waals surface area contributed by atoms with Crippen molar-refractivity contribution >= 4 is 23.4 Å². The van der Waals surface area contributed by atoms with E-state index in [4.69, 9.17) is 11.6 Å². The Balaban J connectivity index is 2.08. The second kappa shape index (κ2) is 5.35. The first-order chi connectivity index (χ1) is 8.63. The standard InChI is InChI=1S/C12H14ClN3O2/c1-2-11(17)15-5-6-16(8-15)12(18)9-3-4-14-7-10(9)13/h3-4,7H,2,5-6,8H2,1H3. The van der Waals surface area contributed by atoms with E-state index in [2.05, 4.69) is 4.98 Å². The molecule has 2 heterocycles. The summed E-state index contributed by atoms with van der Waals surface area (Å²) in [6.07, 6.45) is 3.43. The van der Waals surface area contributed by atoms with Gasteiger partial charge in [-0.3, -0.25) is 14.6 Å². The minimum atomic E-state index is -0.159. The smallest absolute Gasteiger partial charge is 0.256 e. The lowest BCUT2D eigenvalue weighted by molar-refractivity contribution is -0.130. The van der Waals surface area contributed by atoms with Gasteiger partial charge in [-0.05, 0) is 6.07 Å². The van der Waals surface area contributed by atoms with Crippen molar-refractivity contribution in [3.63, 3.8) is 0 Å². The molecular formula is C12H14ClN3O2. The summed E-state index contributed by atoms with van der Waals surface area (Å²) >= 11 is 5.93. The molecule has 2 rings (SSSR count). The maximum Gasteiger partial charge on any atom is 0.256 e. The molecule has 0 aromatic carbocycles. The topological polar surface area (TPSA) is 53.5 Å². The zero-order valence-corrected chi connectivity index (χ0v) is 10.9. The number of aromatic nitrogens is 1. The van der Waals surface area contributed by atoms with Gasteiger partial charge in [-0.1, -0.05) is 18.5 Å². The average Bonchev–Trinajstić information content (AvgIpc) is 2.87. The van der Waals surface area contributed by atoms with Gasteiger partial charge >= 0.3 is 0 Å². The number of carbonyl (C=O) groups excluding carboxylic acids is 2. The highest BCUT2D eigenvalue weighted by atomic mass is 35.5. The van der Waals surface area contributed by atoms with Crippen LogP contribution in [0.3, 0.4) is 0 Å². The molecule has 0 aliphatic carbocycles. The molecule has 1 aliphatic heterocycles. The summed E-state index contributed by atoms with van der Waals surface area (Å²) < 4.78 is 0. The Kier molecular flexibility index (Phi) is 3.81. The van der Waals surface area contributed by atoms with Gasteiger partial charge in [0.05, 0.1) is 17.3 Å². The third-order valence-corrected chi connectivity index (χ3v) is 3.23. The molecule has 0 unspecified atom stereocenters. The number of rotatable bonds is 2. The van der Waals surface area contributed by atoms with Crippen LogP contribution in [0.4, 0.5) is 0 Å². The van der Waals surface area contributed by atoms with E-state index in [9.17, 15) is 9.59 Å². The van der Waals surface area contributed by atoms with Gasteiger partial charge < -0.3 is 9.80 Å². The lowest BCUT2D eigenvalue weighted by Crippen LogP contribution is -2.33. The maximum absolute atomic E-state index is 12.2. The van der Waals surface area contributed by atoms with Gasteiger partial charge in [-0.2, -0.15) is 0 Å². The molecule has 96 valence electrons. The molecule has 18 heavy (non-hydrogen) atoms. The van der Waals surface area contributed by atoms with Crippen LogP contribution in [0, 0.1) is 0 Å². The van der Waals surface area contributed by atoms with Crippen LogP contribution in [-0.4, -0.2) is 46.4 Å². The van der Waals surface area contributed by atoms with Crippen molar-refractivity contribution in [1.82, 2.24) is 14.8 Å². The lowest BCUT2D eigenvalue weighted by Gasteiger charge is -2.18. The van der Waals surface area contributed by atoms with Crippen LogP contribution in [0.5, 0.6) is 0 Å². The van der Waals surface area contributed by atoms with Crippen LogP contribution in [0.1, 0.15) is 23.7 Å². The predicted octanol–water partition coefficient (Wildman–Crippen LogP) is 1.39. The van der Waals surface area contributed by atoms with E-state index >= 15 is 0 Å². The lowest BCUT2D eigenvalue weighted by atomic mass is 10.2. The molecule has 1 fully saturated rings. The molecule has 0 N–H and O–H groups in total. The Morgan fingerprint density at radius 3 is 2.78 bits per heavy atom. The van der Waals surface area contributed by atoms with E-state index in [0.29, 0.717) is 36.8 Å². The van der Waals surface area contributed by atoms with Gasteiger partial charge in [-0.15, -0.1) is 0 Å². The Morgan fingerprint density at radius 1 is 1.39 bits per heavy atom. The highest BCUT2D eigenvalue weighted by Crippen LogP contribution is 2.18. The number of hydrogen-bond donors (Lipinski definition) is 0. The van der Waals surface area contributed by atoms with E-state index in [1.54, 1.807) is 15.9 Å². The number of nitrogens with zero attached hydrogens (tertiary/aromatic N) is 3. The normalized spacial score (nSPS) is 15.0. The van der Waals surface area contributed by atoms with Crippen molar-refractivity contribution in [2.75, 3.05) is 19.8 Å². The molecule has 1 saturated heterocycles. The number of amides is 2. The van der Waals surface area contributed by atoms with Crippen LogP contribution >= 0.6 is 11.6 Å². The molecule has 5 nitrogen and oxygen atoms in total. The second-order valence-electron chi connectivity index (χ2n) is 4.08. The van der Waals surface area contributed by atoms with Crippen molar-refractivity contribution in [2.45, 2.75) is 13.3 Å². The van der Waals surface area contributed by atoms with Crippen molar-refractivity contribution in [3.8, 4) is 0 Å². The number of hydrogen-bond acceptors (Lipinski definition) is 3. The summed E-state index contributed by atoms with van der Waals surface area (Å²) in [6, 6.07) is 1.59. The first-order valence-electron chi connectivity index (χ1n) is 5.80. The SMILES string of the molecule is CCC(=O)N1CCN(C(=O)c2ccncc2Cl)C1. The monoisotopic (exact) mass is 267 g/mol. The summed E-state index contributed by atoms with van der Waals surface area (Å²) in [5.74, 6) is -0.0973. The van der Waals surface area contributed by atoms with Gasteiger partial charge in [0.2, 0.25) is 5.91 Å². The number of pyridine rings is 1. The van der Waals surface area contributed by atoms with Crippen LogP contribution in [-0.2, 0) is 4.79 Å². The maximum atomic E-state index is 12.2. The predicted molar refractivity (Wildman–Crippen MR) is 67.2 cm³/mol. The van der Waals surface area contributed by atoms with Crippen molar-refractivity contribution in [1.29, 1.82) is 0 Å². The van der Waals surface area contributed by atoms with Crippen LogP contribution in [0.15, 0.2) is 18.5 Å². The first-order valence-corrected chi connectivity index (χ1v) is 6.18. The van der Waals surface area contributed by atoms with E-state index < -0.39 is 0 Å². The molecule has 2 amide bonds. The molecular weight excluding hydrogens is 254 g/mol. The van der Waals surface area contributed by atoms with Crippen molar-refractivity contribution in [2.24, 2.45) is 0 Å². The fourth-order valence-corrected chi connectivity index (χ4v) is 2.10. The third-order valence-electron chi connectivity index (χ3n) is 2.93. The Bertz CT molecular complexity index is 478. The van der Waals surface area contributed by atoms with E-state index in [1.165, 1.54) is 12.4 Å². The molecule has 0 spiro atoms. The molecule has 0 atom stereocenters. The molecule has 1 aromatic rings. The van der Waals surface area contributed by atoms with Crippen LogP contribution in [0.25, 0.3) is 0 Å². The highest BCUT2D eigenvalue weighted by Gasteiger charge is 2.28. The fourth-order valence-electron chi connectivity index (χ4n) is 1.90. The molecule has 1 aliphatic rings. The zero-order chi connectivity index (χ0) is 13.1. The minimum absolute atomic E-state index is 0.0612. The summed E-state index contributed by atoms with van der Waals surface area (Å²) in [5, 5.41) is 0.336. The number of halogens is 1. The van der Waals surface area contributed by atoms with E-state index in [1.807, 2.05) is 6.92 Å². The second-order valence-corrected chi connectivity index (χ2v) is 4.48. The van der Waals surface area contributed by atoms with Crippen LogP contribution < -0.4 is 0 Å². The molecule has 1 aromatic heterocycles. The highest BCUT2D eigenvalue weighted by molar-refractivity contribution is 6.33. The van der Waals surface area contributed by atoms with Gasteiger partial charge in [0.1, 0.15) is 0 Å². The average molecular weight is 268 g/mol. The largest absolute Gasteiger partial charge is 0.323 e. The summed E-state index contributed by atoms with van der Waals surface area (Å²) in [5.41, 5.74) is 0.428. The Hall–Kier alpha value is -1.62. The Labute approximate surface area is 110 Å². The zero-order valence-electron chi connectivity index (χ0n) is 10.1. The minimum Gasteiger partial charge on any atom is -0.323 e. The summed E-state index contributed by atoms with van der Waals surface area (Å²) in [6.45, 7) is 3.28. The first kappa shape index (κ1) is 12.8. The fraction of sp³-hybridized carbons (Fsp3) is 0.417. The van der Waals surface area contributed by atoms with Gasteiger partial charge in [0.25, 0.3) is 5.91 Å². The molecule has 6 heteroatoms. The van der Waals surface area contributed by atoms with Crippen molar-refractivity contribution in [3.05, 3.63) is 29.0 Å². The summed E-state index contributed by atoms with van der Waals surface area (Å²) in [7, 11) is 0. The quantitative estimate of drug-likeness (QED) is 0.814. The van der Waals surface area contributed by atoms with Gasteiger partial charge in [-0.25, -0.2) is 0 Å². The van der Waals surface area contributed by atoms with E-state index in [0.717, 1.165) is 0 Å². The molecule has 0 saturated carbocycles. The summed E-state index contributed by atoms with van der Waals surface area (Å²) in [4.78, 5) is 30.9. The van der Waals surface area contributed by atoms with Gasteiger partial charge in [0, 0.05) is 31.9 Å². The molecule has 0 radical (unpaired) electrons. The van der Waals surface area contributed by atoms with Crippen LogP contribution in [0.2, 0.25) is 5.02 Å². The van der Waals surface area contributed by atoms with Gasteiger partial charge in [0.15, 0.2) is 0 Å². The Morgan fingerprint density at radius 2 is 2.11 bits per heavy atom. The third kappa shape index (κ3) is 2.46. The van der Waals surface area contributed by atoms with E-state index in [-0.39, 0.29) is 11.8 Å².